The predicted molar refractivity (Wildman–Crippen MR) is 78.1 cm³/mol. The van der Waals surface area contributed by atoms with E-state index in [2.05, 4.69) is 15.9 Å². The Morgan fingerprint density at radius 3 is 2.37 bits per heavy atom. The van der Waals surface area contributed by atoms with Gasteiger partial charge in [-0.2, -0.15) is 0 Å². The molecule has 0 fully saturated rings. The molecule has 1 nitrogen and oxygen atoms in total. The fourth-order valence-corrected chi connectivity index (χ4v) is 2.41. The molecule has 0 bridgehead atoms. The van der Waals surface area contributed by atoms with E-state index >= 15 is 0 Å². The van der Waals surface area contributed by atoms with Crippen molar-refractivity contribution in [2.24, 2.45) is 0 Å². The molecule has 0 saturated carbocycles. The second-order valence-corrected chi connectivity index (χ2v) is 5.58. The average Bonchev–Trinajstić information content (AvgIpc) is 2.30. The van der Waals surface area contributed by atoms with Crippen molar-refractivity contribution in [3.05, 3.63) is 68.9 Å². The van der Waals surface area contributed by atoms with E-state index in [-0.39, 0.29) is 17.8 Å². The first-order valence-corrected chi connectivity index (χ1v) is 6.81. The van der Waals surface area contributed by atoms with Gasteiger partial charge in [0.25, 0.3) is 0 Å². The third-order valence-corrected chi connectivity index (χ3v) is 3.52. The fraction of sp³-hybridized carbons (Fsp3) is 0.188. The molecule has 2 aromatic rings. The summed E-state index contributed by atoms with van der Waals surface area (Å²) in [6, 6.07) is 10.7. The summed E-state index contributed by atoms with van der Waals surface area (Å²) in [5, 5.41) is 0. The molecule has 0 N–H and O–H groups in total. The maximum atomic E-state index is 13.9. The van der Waals surface area contributed by atoms with Crippen LogP contribution in [0.1, 0.15) is 27.0 Å². The third kappa shape index (κ3) is 3.29. The van der Waals surface area contributed by atoms with Crippen LogP contribution < -0.4 is 0 Å². The minimum absolute atomic E-state index is 0.183. The first-order chi connectivity index (χ1) is 8.97. The van der Waals surface area contributed by atoms with Gasteiger partial charge in [-0.25, -0.2) is 4.39 Å². The zero-order valence-electron chi connectivity index (χ0n) is 10.8. The molecule has 0 amide bonds. The molecule has 0 radical (unpaired) electrons. The monoisotopic (exact) mass is 320 g/mol. The minimum Gasteiger partial charge on any atom is -0.294 e. The first-order valence-electron chi connectivity index (χ1n) is 6.02. The van der Waals surface area contributed by atoms with Crippen molar-refractivity contribution in [2.45, 2.75) is 20.3 Å². The number of hydrogen-bond donors (Lipinski definition) is 0. The molecule has 0 saturated heterocycles. The molecule has 98 valence electrons. The molecule has 0 aliphatic heterocycles. The Kier molecular flexibility index (Phi) is 4.15. The Balaban J connectivity index is 2.28. The highest BCUT2D eigenvalue weighted by Crippen LogP contribution is 2.19. The van der Waals surface area contributed by atoms with E-state index in [9.17, 15) is 9.18 Å². The van der Waals surface area contributed by atoms with Crippen molar-refractivity contribution in [1.29, 1.82) is 0 Å². The van der Waals surface area contributed by atoms with Gasteiger partial charge in [-0.3, -0.25) is 4.79 Å². The predicted octanol–water partition coefficient (Wildman–Crippen LogP) is 4.63. The summed E-state index contributed by atoms with van der Waals surface area (Å²) in [5.74, 6) is -0.614. The number of benzene rings is 2. The number of ketones is 1. The molecule has 0 spiro atoms. The number of carbonyl (C=O) groups excluding carboxylic acids is 1. The second-order valence-electron chi connectivity index (χ2n) is 4.67. The zero-order chi connectivity index (χ0) is 14.0. The molecule has 2 aromatic carbocycles. The van der Waals surface area contributed by atoms with E-state index in [1.807, 2.05) is 37.3 Å². The highest BCUT2D eigenvalue weighted by atomic mass is 79.9. The minimum atomic E-state index is -0.431. The number of rotatable bonds is 3. The van der Waals surface area contributed by atoms with Crippen molar-refractivity contribution in [3.63, 3.8) is 0 Å². The van der Waals surface area contributed by atoms with Crippen LogP contribution >= 0.6 is 15.9 Å². The first kappa shape index (κ1) is 13.9. The summed E-state index contributed by atoms with van der Waals surface area (Å²) in [6.07, 6.45) is 0.216. The Morgan fingerprint density at radius 2 is 1.79 bits per heavy atom. The summed E-state index contributed by atoms with van der Waals surface area (Å²) in [6.45, 7) is 3.59. The van der Waals surface area contributed by atoms with Gasteiger partial charge < -0.3 is 0 Å². The highest BCUT2D eigenvalue weighted by molar-refractivity contribution is 9.10. The third-order valence-electron chi connectivity index (χ3n) is 2.99. The van der Waals surface area contributed by atoms with Crippen molar-refractivity contribution in [1.82, 2.24) is 0 Å². The van der Waals surface area contributed by atoms with Gasteiger partial charge in [0.2, 0.25) is 0 Å². The largest absolute Gasteiger partial charge is 0.294 e. The van der Waals surface area contributed by atoms with E-state index in [4.69, 9.17) is 0 Å². The van der Waals surface area contributed by atoms with Gasteiger partial charge in [-0.1, -0.05) is 34.1 Å². The molecular formula is C16H14BrFO. The SMILES string of the molecule is Cc1cc(C)c(C(=O)Cc2ccc(Br)cc2)c(F)c1. The molecule has 0 aliphatic rings. The lowest BCUT2D eigenvalue weighted by Crippen LogP contribution is -2.09. The van der Waals surface area contributed by atoms with E-state index in [0.29, 0.717) is 5.56 Å². The average molecular weight is 321 g/mol. The van der Waals surface area contributed by atoms with E-state index in [1.165, 1.54) is 6.07 Å². The number of halogens is 2. The molecule has 0 aromatic heterocycles. The number of hydrogen-bond acceptors (Lipinski definition) is 1. The maximum absolute atomic E-state index is 13.9. The van der Waals surface area contributed by atoms with E-state index in [0.717, 1.165) is 15.6 Å². The lowest BCUT2D eigenvalue weighted by atomic mass is 9.97. The van der Waals surface area contributed by atoms with Crippen LogP contribution in [0.2, 0.25) is 0 Å². The van der Waals surface area contributed by atoms with Crippen molar-refractivity contribution in [3.8, 4) is 0 Å². The van der Waals surface area contributed by atoms with E-state index < -0.39 is 5.82 Å². The van der Waals surface area contributed by atoms with Crippen LogP contribution in [-0.2, 0) is 6.42 Å². The van der Waals surface area contributed by atoms with Gasteiger partial charge >= 0.3 is 0 Å². The molecule has 0 atom stereocenters. The van der Waals surface area contributed by atoms with Crippen LogP contribution in [0.15, 0.2) is 40.9 Å². The maximum Gasteiger partial charge on any atom is 0.170 e. The summed E-state index contributed by atoms with van der Waals surface area (Å²) in [5.41, 5.74) is 2.61. The molecule has 19 heavy (non-hydrogen) atoms. The topological polar surface area (TPSA) is 17.1 Å². The molecular weight excluding hydrogens is 307 g/mol. The second kappa shape index (κ2) is 5.66. The Labute approximate surface area is 120 Å². The zero-order valence-corrected chi connectivity index (χ0v) is 12.4. The van der Waals surface area contributed by atoms with Gasteiger partial charge in [0.05, 0.1) is 5.56 Å². The van der Waals surface area contributed by atoms with Crippen LogP contribution in [0.3, 0.4) is 0 Å². The van der Waals surface area contributed by atoms with Crippen molar-refractivity contribution < 1.29 is 9.18 Å². The van der Waals surface area contributed by atoms with Crippen molar-refractivity contribution in [2.75, 3.05) is 0 Å². The molecule has 0 unspecified atom stereocenters. The smallest absolute Gasteiger partial charge is 0.170 e. The lowest BCUT2D eigenvalue weighted by Gasteiger charge is -2.08. The van der Waals surface area contributed by atoms with Crippen LogP contribution in [0.25, 0.3) is 0 Å². The van der Waals surface area contributed by atoms with Crippen LogP contribution in [-0.4, -0.2) is 5.78 Å². The quantitative estimate of drug-likeness (QED) is 0.753. The van der Waals surface area contributed by atoms with Crippen LogP contribution in [0, 0.1) is 19.7 Å². The number of aryl methyl sites for hydroxylation is 2. The number of Topliss-reactive ketones (excluding diaryl/α,β-unsaturated/α-hetero) is 1. The molecule has 3 heteroatoms. The molecule has 0 heterocycles. The highest BCUT2D eigenvalue weighted by Gasteiger charge is 2.15. The summed E-state index contributed by atoms with van der Waals surface area (Å²) < 4.78 is 14.9. The summed E-state index contributed by atoms with van der Waals surface area (Å²) in [4.78, 5) is 12.2. The Bertz CT molecular complexity index is 594. The van der Waals surface area contributed by atoms with Gasteiger partial charge in [0.1, 0.15) is 5.82 Å². The molecule has 2 rings (SSSR count). The number of carbonyl (C=O) groups is 1. The standard InChI is InChI=1S/C16H14BrFO/c1-10-7-11(2)16(14(18)8-10)15(19)9-12-3-5-13(17)6-4-12/h3-8H,9H2,1-2H3. The van der Waals surface area contributed by atoms with Gasteiger partial charge in [0.15, 0.2) is 5.78 Å². The Morgan fingerprint density at radius 1 is 1.16 bits per heavy atom. The van der Waals surface area contributed by atoms with Gasteiger partial charge in [-0.05, 0) is 48.7 Å². The normalized spacial score (nSPS) is 10.5. The fourth-order valence-electron chi connectivity index (χ4n) is 2.14. The van der Waals surface area contributed by atoms with Gasteiger partial charge in [0, 0.05) is 10.9 Å². The Hall–Kier alpha value is -1.48. The molecule has 0 aliphatic carbocycles. The van der Waals surface area contributed by atoms with E-state index in [1.54, 1.807) is 6.92 Å². The van der Waals surface area contributed by atoms with Crippen LogP contribution in [0.4, 0.5) is 4.39 Å². The van der Waals surface area contributed by atoms with Gasteiger partial charge in [-0.15, -0.1) is 0 Å². The summed E-state index contributed by atoms with van der Waals surface area (Å²) in [7, 11) is 0. The lowest BCUT2D eigenvalue weighted by molar-refractivity contribution is 0.0988. The van der Waals surface area contributed by atoms with Crippen molar-refractivity contribution >= 4 is 21.7 Å². The summed E-state index contributed by atoms with van der Waals surface area (Å²) >= 11 is 3.34. The van der Waals surface area contributed by atoms with Crippen LogP contribution in [0.5, 0.6) is 0 Å².